The van der Waals surface area contributed by atoms with Crippen molar-refractivity contribution in [3.63, 3.8) is 0 Å². The third-order valence-electron chi connectivity index (χ3n) is 6.29. The molecule has 1 atom stereocenters. The number of benzene rings is 3. The highest BCUT2D eigenvalue weighted by molar-refractivity contribution is 7.92. The van der Waals surface area contributed by atoms with Crippen LogP contribution in [-0.4, -0.2) is 44.3 Å². The Labute approximate surface area is 230 Å². The van der Waals surface area contributed by atoms with Crippen LogP contribution in [0.25, 0.3) is 0 Å². The second-order valence-corrected chi connectivity index (χ2v) is 11.3. The summed E-state index contributed by atoms with van der Waals surface area (Å²) in [6.07, 6.45) is 0.575. The Morgan fingerprint density at radius 1 is 0.974 bits per heavy atom. The van der Waals surface area contributed by atoms with E-state index in [1.165, 1.54) is 17.0 Å². The van der Waals surface area contributed by atoms with Crippen molar-refractivity contribution in [1.82, 2.24) is 10.2 Å². The van der Waals surface area contributed by atoms with Crippen molar-refractivity contribution in [2.75, 3.05) is 17.4 Å². The quantitative estimate of drug-likeness (QED) is 0.362. The Hall–Kier alpha value is -3.36. The van der Waals surface area contributed by atoms with Gasteiger partial charge in [0.15, 0.2) is 0 Å². The lowest BCUT2D eigenvalue weighted by atomic mass is 10.1. The summed E-state index contributed by atoms with van der Waals surface area (Å²) in [6.45, 7) is 7.25. The molecule has 3 aromatic carbocycles. The van der Waals surface area contributed by atoms with Crippen molar-refractivity contribution in [3.8, 4) is 0 Å². The van der Waals surface area contributed by atoms with Crippen LogP contribution < -0.4 is 9.62 Å². The van der Waals surface area contributed by atoms with Crippen LogP contribution in [0.2, 0.25) is 5.02 Å². The number of halogens is 1. The van der Waals surface area contributed by atoms with Gasteiger partial charge in [-0.05, 0) is 68.7 Å². The van der Waals surface area contributed by atoms with E-state index in [0.717, 1.165) is 21.0 Å². The topological polar surface area (TPSA) is 86.8 Å². The Bertz CT molecular complexity index is 1380. The summed E-state index contributed by atoms with van der Waals surface area (Å²) in [6, 6.07) is 19.8. The molecule has 38 heavy (non-hydrogen) atoms. The summed E-state index contributed by atoms with van der Waals surface area (Å²) in [4.78, 5) is 28.2. The zero-order chi connectivity index (χ0) is 27.9. The first-order valence-corrected chi connectivity index (χ1v) is 14.4. The number of carbonyl (C=O) groups is 2. The summed E-state index contributed by atoms with van der Waals surface area (Å²) >= 11 is 6.17. The molecule has 0 aliphatic rings. The first-order valence-electron chi connectivity index (χ1n) is 12.6. The number of sulfonamides is 1. The maximum Gasteiger partial charge on any atom is 0.264 e. The van der Waals surface area contributed by atoms with Crippen LogP contribution in [0, 0.1) is 6.92 Å². The molecule has 0 unspecified atom stereocenters. The SMILES string of the molecule is CCNC(=O)[C@H](C)N(Cc1cccc(Cl)c1)C(=O)CN(c1ccccc1CC)S(=O)(=O)c1ccc(C)cc1. The van der Waals surface area contributed by atoms with Gasteiger partial charge in [0.1, 0.15) is 12.6 Å². The van der Waals surface area contributed by atoms with Gasteiger partial charge in [-0.15, -0.1) is 0 Å². The molecule has 0 heterocycles. The van der Waals surface area contributed by atoms with E-state index in [2.05, 4.69) is 5.32 Å². The van der Waals surface area contributed by atoms with Gasteiger partial charge in [-0.2, -0.15) is 0 Å². The van der Waals surface area contributed by atoms with Gasteiger partial charge >= 0.3 is 0 Å². The fourth-order valence-corrected chi connectivity index (χ4v) is 5.81. The molecule has 2 amide bonds. The van der Waals surface area contributed by atoms with Gasteiger partial charge in [-0.25, -0.2) is 8.42 Å². The number of amides is 2. The number of aryl methyl sites for hydroxylation is 2. The second-order valence-electron chi connectivity index (χ2n) is 9.03. The Morgan fingerprint density at radius 3 is 2.29 bits per heavy atom. The molecule has 0 bridgehead atoms. The van der Waals surface area contributed by atoms with Gasteiger partial charge in [-0.3, -0.25) is 13.9 Å². The van der Waals surface area contributed by atoms with Crippen molar-refractivity contribution >= 4 is 39.1 Å². The lowest BCUT2D eigenvalue weighted by Crippen LogP contribution is -2.51. The number of anilines is 1. The number of hydrogen-bond donors (Lipinski definition) is 1. The van der Waals surface area contributed by atoms with Crippen LogP contribution in [0.15, 0.2) is 77.7 Å². The first-order chi connectivity index (χ1) is 18.1. The van der Waals surface area contributed by atoms with E-state index in [1.54, 1.807) is 56.3 Å². The van der Waals surface area contributed by atoms with Gasteiger partial charge in [0.2, 0.25) is 11.8 Å². The molecule has 1 N–H and O–H groups in total. The lowest BCUT2D eigenvalue weighted by molar-refractivity contribution is -0.139. The summed E-state index contributed by atoms with van der Waals surface area (Å²) in [5, 5.41) is 3.25. The maximum absolute atomic E-state index is 13.9. The average Bonchev–Trinajstić information content (AvgIpc) is 2.90. The Kier molecular flexibility index (Phi) is 9.94. The van der Waals surface area contributed by atoms with Crippen molar-refractivity contribution in [2.45, 2.75) is 51.6 Å². The van der Waals surface area contributed by atoms with Gasteiger partial charge < -0.3 is 10.2 Å². The molecule has 3 aromatic rings. The van der Waals surface area contributed by atoms with Crippen LogP contribution in [-0.2, 0) is 32.6 Å². The standard InChI is InChI=1S/C29H34ClN3O4S/c1-5-24-11-7-8-13-27(24)33(38(36,37)26-16-14-21(3)15-17-26)20-28(34)32(22(4)29(35)31-6-2)19-23-10-9-12-25(30)18-23/h7-18,22H,5-6,19-20H2,1-4H3,(H,31,35)/t22-/m0/s1. The molecule has 0 spiro atoms. The predicted molar refractivity (Wildman–Crippen MR) is 152 cm³/mol. The summed E-state index contributed by atoms with van der Waals surface area (Å²) < 4.78 is 29.0. The molecular weight excluding hydrogens is 522 g/mol. The van der Waals surface area contributed by atoms with Gasteiger partial charge in [-0.1, -0.05) is 66.6 Å². The summed E-state index contributed by atoms with van der Waals surface area (Å²) in [7, 11) is -4.10. The molecule has 7 nitrogen and oxygen atoms in total. The number of likely N-dealkylation sites (N-methyl/N-ethyl adjacent to an activating group) is 1. The molecule has 0 aliphatic carbocycles. The lowest BCUT2D eigenvalue weighted by Gasteiger charge is -2.32. The monoisotopic (exact) mass is 555 g/mol. The molecule has 0 saturated carbocycles. The minimum Gasteiger partial charge on any atom is -0.355 e. The third-order valence-corrected chi connectivity index (χ3v) is 8.30. The van der Waals surface area contributed by atoms with E-state index in [4.69, 9.17) is 11.6 Å². The molecule has 0 saturated heterocycles. The minimum atomic E-state index is -4.10. The maximum atomic E-state index is 13.9. The number of para-hydroxylation sites is 1. The number of nitrogens with one attached hydrogen (secondary N) is 1. The van der Waals surface area contributed by atoms with Crippen LogP contribution in [0.5, 0.6) is 0 Å². The van der Waals surface area contributed by atoms with Crippen molar-refractivity contribution < 1.29 is 18.0 Å². The van der Waals surface area contributed by atoms with Gasteiger partial charge in [0.05, 0.1) is 10.6 Å². The highest BCUT2D eigenvalue weighted by Gasteiger charge is 2.33. The first kappa shape index (κ1) is 29.2. The molecular formula is C29H34ClN3O4S. The number of rotatable bonds is 11. The molecule has 0 aromatic heterocycles. The fourth-order valence-electron chi connectivity index (χ4n) is 4.14. The number of nitrogens with zero attached hydrogens (tertiary/aromatic N) is 2. The van der Waals surface area contributed by atoms with E-state index in [0.29, 0.717) is 23.7 Å². The van der Waals surface area contributed by atoms with E-state index < -0.39 is 28.5 Å². The Balaban J connectivity index is 2.07. The minimum absolute atomic E-state index is 0.0833. The van der Waals surface area contributed by atoms with Crippen LogP contribution in [0.4, 0.5) is 5.69 Å². The van der Waals surface area contributed by atoms with E-state index in [-0.39, 0.29) is 17.3 Å². The molecule has 9 heteroatoms. The number of hydrogen-bond acceptors (Lipinski definition) is 4. The zero-order valence-corrected chi connectivity index (χ0v) is 23.7. The fraction of sp³-hybridized carbons (Fsp3) is 0.310. The molecule has 0 fully saturated rings. The molecule has 0 aliphatic heterocycles. The summed E-state index contributed by atoms with van der Waals surface area (Å²) in [5.41, 5.74) is 2.86. The Morgan fingerprint density at radius 2 is 1.66 bits per heavy atom. The smallest absolute Gasteiger partial charge is 0.264 e. The zero-order valence-electron chi connectivity index (χ0n) is 22.1. The van der Waals surface area contributed by atoms with E-state index in [9.17, 15) is 18.0 Å². The highest BCUT2D eigenvalue weighted by Crippen LogP contribution is 2.28. The largest absolute Gasteiger partial charge is 0.355 e. The van der Waals surface area contributed by atoms with Gasteiger partial charge in [0.25, 0.3) is 10.0 Å². The average molecular weight is 556 g/mol. The highest BCUT2D eigenvalue weighted by atomic mass is 35.5. The summed E-state index contributed by atoms with van der Waals surface area (Å²) in [5.74, 6) is -0.838. The molecule has 202 valence electrons. The third kappa shape index (κ3) is 6.94. The van der Waals surface area contributed by atoms with Gasteiger partial charge in [0, 0.05) is 18.1 Å². The molecule has 0 radical (unpaired) electrons. The normalized spacial score (nSPS) is 12.0. The van der Waals surface area contributed by atoms with Crippen molar-refractivity contribution in [2.24, 2.45) is 0 Å². The van der Waals surface area contributed by atoms with E-state index >= 15 is 0 Å². The van der Waals surface area contributed by atoms with Crippen molar-refractivity contribution in [1.29, 1.82) is 0 Å². The molecule has 3 rings (SSSR count). The van der Waals surface area contributed by atoms with Crippen LogP contribution in [0.1, 0.15) is 37.5 Å². The second kappa shape index (κ2) is 12.9. The van der Waals surface area contributed by atoms with E-state index in [1.807, 2.05) is 32.0 Å². The number of carbonyl (C=O) groups excluding carboxylic acids is 2. The van der Waals surface area contributed by atoms with Crippen LogP contribution >= 0.6 is 11.6 Å². The van der Waals surface area contributed by atoms with Crippen molar-refractivity contribution in [3.05, 3.63) is 94.5 Å². The predicted octanol–water partition coefficient (Wildman–Crippen LogP) is 4.96. The van der Waals surface area contributed by atoms with Crippen LogP contribution in [0.3, 0.4) is 0 Å².